The first-order valence-corrected chi connectivity index (χ1v) is 8.11. The second-order valence-corrected chi connectivity index (χ2v) is 6.16. The van der Waals surface area contributed by atoms with Crippen molar-refractivity contribution in [1.82, 2.24) is 10.2 Å². The number of piperazine rings is 1. The van der Waals surface area contributed by atoms with Gasteiger partial charge in [-0.1, -0.05) is 11.6 Å². The fourth-order valence-electron chi connectivity index (χ4n) is 2.72. The molecule has 0 aliphatic carbocycles. The highest BCUT2D eigenvalue weighted by Crippen LogP contribution is 2.37. The Bertz CT molecular complexity index is 616. The van der Waals surface area contributed by atoms with Crippen molar-refractivity contribution in [2.24, 2.45) is 0 Å². The van der Waals surface area contributed by atoms with Gasteiger partial charge < -0.3 is 5.32 Å². The molecule has 2 nitrogen and oxygen atoms in total. The number of thiophene rings is 1. The van der Waals surface area contributed by atoms with Crippen LogP contribution in [0, 0.1) is 11.6 Å². The van der Waals surface area contributed by atoms with Crippen LogP contribution in [0.2, 0.25) is 5.02 Å². The summed E-state index contributed by atoms with van der Waals surface area (Å²) < 4.78 is 28.1. The molecule has 1 aromatic carbocycles. The highest BCUT2D eigenvalue weighted by molar-refractivity contribution is 7.08. The second-order valence-electron chi connectivity index (χ2n) is 5.00. The van der Waals surface area contributed by atoms with Gasteiger partial charge in [-0.25, -0.2) is 8.78 Å². The van der Waals surface area contributed by atoms with E-state index in [0.29, 0.717) is 0 Å². The molecule has 120 valence electrons. The van der Waals surface area contributed by atoms with Crippen LogP contribution in [0.4, 0.5) is 8.78 Å². The lowest BCUT2D eigenvalue weighted by atomic mass is 9.98. The van der Waals surface area contributed by atoms with Crippen molar-refractivity contribution < 1.29 is 8.78 Å². The number of hydrogen-bond acceptors (Lipinski definition) is 3. The van der Waals surface area contributed by atoms with Crippen LogP contribution >= 0.6 is 35.3 Å². The van der Waals surface area contributed by atoms with Gasteiger partial charge in [0.25, 0.3) is 0 Å². The van der Waals surface area contributed by atoms with Crippen molar-refractivity contribution in [3.05, 3.63) is 56.7 Å². The highest BCUT2D eigenvalue weighted by atomic mass is 35.5. The zero-order valence-electron chi connectivity index (χ0n) is 11.7. The van der Waals surface area contributed by atoms with Gasteiger partial charge in [-0.3, -0.25) is 4.90 Å². The van der Waals surface area contributed by atoms with Crippen molar-refractivity contribution >= 4 is 35.3 Å². The average molecular weight is 365 g/mol. The summed E-state index contributed by atoms with van der Waals surface area (Å²) in [6.45, 7) is 3.20. The summed E-state index contributed by atoms with van der Waals surface area (Å²) in [5.74, 6) is -1.04. The minimum atomic E-state index is -0.580. The molecule has 2 heterocycles. The van der Waals surface area contributed by atoms with Crippen LogP contribution < -0.4 is 5.32 Å². The van der Waals surface area contributed by atoms with Gasteiger partial charge in [-0.2, -0.15) is 11.3 Å². The third-order valence-electron chi connectivity index (χ3n) is 3.73. The summed E-state index contributed by atoms with van der Waals surface area (Å²) in [5, 5.41) is 7.05. The van der Waals surface area contributed by atoms with Crippen LogP contribution in [-0.4, -0.2) is 31.1 Å². The Labute approximate surface area is 143 Å². The minimum absolute atomic E-state index is 0. The van der Waals surface area contributed by atoms with E-state index >= 15 is 0 Å². The number of hydrogen-bond donors (Lipinski definition) is 1. The Balaban J connectivity index is 0.00000176. The van der Waals surface area contributed by atoms with Crippen LogP contribution in [0.3, 0.4) is 0 Å². The van der Waals surface area contributed by atoms with Crippen LogP contribution in [0.25, 0.3) is 0 Å². The topological polar surface area (TPSA) is 15.3 Å². The van der Waals surface area contributed by atoms with Gasteiger partial charge in [0.2, 0.25) is 0 Å². The van der Waals surface area contributed by atoms with Gasteiger partial charge in [-0.15, -0.1) is 12.4 Å². The SMILES string of the molecule is Cl.Fc1ccc(F)c([C@H](c2ccsc2)N2CCNCC2)c1Cl. The normalized spacial score (nSPS) is 17.0. The van der Waals surface area contributed by atoms with E-state index in [-0.39, 0.29) is 29.0 Å². The van der Waals surface area contributed by atoms with E-state index in [2.05, 4.69) is 10.2 Å². The standard InChI is InChI=1S/C15H15ClF2N2S.ClH/c16-14-12(18)2-1-11(17)13(14)15(10-3-8-21-9-10)20-6-4-19-5-7-20;/h1-3,8-9,15,19H,4-7H2;1H/t15-;/m0./s1. The highest BCUT2D eigenvalue weighted by Gasteiger charge is 2.29. The fourth-order valence-corrected chi connectivity index (χ4v) is 3.66. The summed E-state index contributed by atoms with van der Waals surface area (Å²) in [6, 6.07) is 3.82. The Morgan fingerprint density at radius 3 is 2.45 bits per heavy atom. The molecule has 7 heteroatoms. The molecule has 1 fully saturated rings. The fraction of sp³-hybridized carbons (Fsp3) is 0.333. The van der Waals surface area contributed by atoms with Gasteiger partial charge in [-0.05, 0) is 34.5 Å². The van der Waals surface area contributed by atoms with Gasteiger partial charge in [0.15, 0.2) is 0 Å². The lowest BCUT2D eigenvalue weighted by molar-refractivity contribution is 0.195. The van der Waals surface area contributed by atoms with E-state index in [0.717, 1.165) is 43.9 Å². The third-order valence-corrected chi connectivity index (χ3v) is 4.81. The molecule has 0 unspecified atom stereocenters. The first-order chi connectivity index (χ1) is 10.2. The van der Waals surface area contributed by atoms with Crippen molar-refractivity contribution in [1.29, 1.82) is 0 Å². The Hall–Kier alpha value is -0.720. The van der Waals surface area contributed by atoms with Crippen LogP contribution in [0.5, 0.6) is 0 Å². The zero-order valence-corrected chi connectivity index (χ0v) is 14.1. The molecule has 0 bridgehead atoms. The molecule has 1 atom stereocenters. The smallest absolute Gasteiger partial charge is 0.142 e. The largest absolute Gasteiger partial charge is 0.314 e. The molecule has 0 saturated carbocycles. The molecule has 1 aliphatic heterocycles. The molecule has 0 radical (unpaired) electrons. The van der Waals surface area contributed by atoms with Gasteiger partial charge in [0.05, 0.1) is 11.1 Å². The Morgan fingerprint density at radius 1 is 1.14 bits per heavy atom. The molecule has 0 amide bonds. The molecule has 1 aliphatic rings. The average Bonchev–Trinajstić information content (AvgIpc) is 3.02. The Morgan fingerprint density at radius 2 is 1.82 bits per heavy atom. The maximum atomic E-state index is 14.3. The molecule has 2 aromatic rings. The number of nitrogens with one attached hydrogen (secondary N) is 1. The third kappa shape index (κ3) is 3.44. The van der Waals surface area contributed by atoms with E-state index < -0.39 is 11.6 Å². The lowest BCUT2D eigenvalue weighted by Crippen LogP contribution is -2.45. The van der Waals surface area contributed by atoms with Crippen LogP contribution in [-0.2, 0) is 0 Å². The van der Waals surface area contributed by atoms with Crippen molar-refractivity contribution in [3.8, 4) is 0 Å². The van der Waals surface area contributed by atoms with Gasteiger partial charge >= 0.3 is 0 Å². The molecule has 3 rings (SSSR count). The van der Waals surface area contributed by atoms with E-state index in [1.165, 1.54) is 0 Å². The summed E-state index contributed by atoms with van der Waals surface area (Å²) in [4.78, 5) is 2.14. The first-order valence-electron chi connectivity index (χ1n) is 6.78. The predicted molar refractivity (Wildman–Crippen MR) is 89.2 cm³/mol. The zero-order chi connectivity index (χ0) is 14.8. The van der Waals surface area contributed by atoms with E-state index in [1.807, 2.05) is 16.8 Å². The monoisotopic (exact) mass is 364 g/mol. The number of halogens is 4. The van der Waals surface area contributed by atoms with Crippen molar-refractivity contribution in [2.75, 3.05) is 26.2 Å². The molecule has 1 N–H and O–H groups in total. The minimum Gasteiger partial charge on any atom is -0.314 e. The summed E-state index contributed by atoms with van der Waals surface area (Å²) in [6.07, 6.45) is 0. The van der Waals surface area contributed by atoms with Crippen LogP contribution in [0.15, 0.2) is 29.0 Å². The second kappa shape index (κ2) is 7.70. The quantitative estimate of drug-likeness (QED) is 0.824. The van der Waals surface area contributed by atoms with E-state index in [4.69, 9.17) is 11.6 Å². The molecule has 1 saturated heterocycles. The number of nitrogens with zero attached hydrogens (tertiary/aromatic N) is 1. The molecule has 1 aromatic heterocycles. The number of benzene rings is 1. The Kier molecular flexibility index (Phi) is 6.17. The summed E-state index contributed by atoms with van der Waals surface area (Å²) in [7, 11) is 0. The summed E-state index contributed by atoms with van der Waals surface area (Å²) in [5.41, 5.74) is 1.19. The first kappa shape index (κ1) is 17.6. The van der Waals surface area contributed by atoms with Crippen LogP contribution in [0.1, 0.15) is 17.2 Å². The van der Waals surface area contributed by atoms with Crippen molar-refractivity contribution in [2.45, 2.75) is 6.04 Å². The van der Waals surface area contributed by atoms with Crippen molar-refractivity contribution in [3.63, 3.8) is 0 Å². The van der Waals surface area contributed by atoms with E-state index in [1.54, 1.807) is 11.3 Å². The molecular weight excluding hydrogens is 349 g/mol. The number of rotatable bonds is 3. The molecule has 0 spiro atoms. The van der Waals surface area contributed by atoms with Gasteiger partial charge in [0, 0.05) is 31.7 Å². The molecule has 22 heavy (non-hydrogen) atoms. The van der Waals surface area contributed by atoms with Gasteiger partial charge in [0.1, 0.15) is 11.6 Å². The maximum absolute atomic E-state index is 14.3. The van der Waals surface area contributed by atoms with E-state index in [9.17, 15) is 8.78 Å². The predicted octanol–water partition coefficient (Wildman–Crippen LogP) is 4.10. The summed E-state index contributed by atoms with van der Waals surface area (Å²) >= 11 is 7.62. The lowest BCUT2D eigenvalue weighted by Gasteiger charge is -2.35. The molecular formula is C15H16Cl2F2N2S. The maximum Gasteiger partial charge on any atom is 0.142 e.